The molecule has 1 heterocycles. The van der Waals surface area contributed by atoms with Crippen molar-refractivity contribution in [1.29, 1.82) is 0 Å². The van der Waals surface area contributed by atoms with Crippen molar-refractivity contribution in [3.05, 3.63) is 26.4 Å². The van der Waals surface area contributed by atoms with E-state index in [0.717, 1.165) is 16.9 Å². The molecule has 0 spiro atoms. The molecule has 130 valence electrons. The van der Waals surface area contributed by atoms with Crippen molar-refractivity contribution in [2.45, 2.75) is 32.1 Å². The Hall–Kier alpha value is -2.38. The Morgan fingerprint density at radius 1 is 1.29 bits per heavy atom. The van der Waals surface area contributed by atoms with Crippen molar-refractivity contribution in [3.63, 3.8) is 0 Å². The van der Waals surface area contributed by atoms with Crippen LogP contribution in [0.2, 0.25) is 0 Å². The molecule has 8 heteroatoms. The molecule has 0 saturated heterocycles. The minimum Gasteiger partial charge on any atom is -0.457 e. The highest BCUT2D eigenvalue weighted by molar-refractivity contribution is 6.01. The highest BCUT2D eigenvalue weighted by Crippen LogP contribution is 2.49. The molecule has 8 nitrogen and oxygen atoms in total. The van der Waals surface area contributed by atoms with Gasteiger partial charge in [-0.05, 0) is 37.0 Å². The van der Waals surface area contributed by atoms with Gasteiger partial charge in [0.05, 0.1) is 0 Å². The minimum atomic E-state index is -0.871. The molecule has 0 aromatic carbocycles. The van der Waals surface area contributed by atoms with E-state index in [4.69, 9.17) is 10.5 Å². The summed E-state index contributed by atoms with van der Waals surface area (Å²) in [7, 11) is 1.34. The third-order valence-corrected chi connectivity index (χ3v) is 5.33. The number of hydrogen-bond acceptors (Lipinski definition) is 6. The molecule has 2 saturated carbocycles. The van der Waals surface area contributed by atoms with Crippen molar-refractivity contribution in [3.8, 4) is 0 Å². The van der Waals surface area contributed by atoms with E-state index in [1.165, 1.54) is 26.3 Å². The van der Waals surface area contributed by atoms with Gasteiger partial charge in [0.2, 0.25) is 5.78 Å². The number of nitrogens with two attached hydrogens (primary N) is 1. The van der Waals surface area contributed by atoms with Gasteiger partial charge in [0.15, 0.2) is 6.61 Å². The summed E-state index contributed by atoms with van der Waals surface area (Å²) in [6.45, 7) is -0.550. The highest BCUT2D eigenvalue weighted by atomic mass is 16.5. The zero-order valence-electron chi connectivity index (χ0n) is 13.5. The SMILES string of the molecule is Cn1c(N)c(C(=O)COC(=O)C[C@@H]2C[C@H]3CC[C@@H]2C3)c(=O)[nH]c1=O. The van der Waals surface area contributed by atoms with E-state index in [2.05, 4.69) is 0 Å². The molecule has 2 bridgehead atoms. The quantitative estimate of drug-likeness (QED) is 0.585. The van der Waals surface area contributed by atoms with E-state index in [-0.39, 0.29) is 11.4 Å². The number of aromatic nitrogens is 2. The summed E-state index contributed by atoms with van der Waals surface area (Å²) in [6.07, 6.45) is 4.99. The molecule has 3 N–H and O–H groups in total. The minimum absolute atomic E-state index is 0.238. The normalized spacial score (nSPS) is 25.0. The van der Waals surface area contributed by atoms with Gasteiger partial charge in [-0.2, -0.15) is 0 Å². The number of carbonyl (C=O) groups is 2. The number of hydrogen-bond donors (Lipinski definition) is 2. The number of fused-ring (bicyclic) bond motifs is 2. The van der Waals surface area contributed by atoms with E-state index >= 15 is 0 Å². The van der Waals surface area contributed by atoms with Crippen molar-refractivity contribution in [1.82, 2.24) is 9.55 Å². The summed E-state index contributed by atoms with van der Waals surface area (Å²) in [4.78, 5) is 49.2. The van der Waals surface area contributed by atoms with Crippen LogP contribution in [-0.4, -0.2) is 27.9 Å². The molecule has 2 aliphatic carbocycles. The molecule has 1 aromatic rings. The van der Waals surface area contributed by atoms with Gasteiger partial charge in [-0.3, -0.25) is 23.9 Å². The Morgan fingerprint density at radius 3 is 2.67 bits per heavy atom. The topological polar surface area (TPSA) is 124 Å². The number of Topliss-reactive ketones (excluding diaryl/α,β-unsaturated/α-hetero) is 1. The van der Waals surface area contributed by atoms with Crippen LogP contribution >= 0.6 is 0 Å². The monoisotopic (exact) mass is 335 g/mol. The maximum absolute atomic E-state index is 12.1. The number of carbonyl (C=O) groups excluding carboxylic acids is 2. The molecule has 2 aliphatic rings. The lowest BCUT2D eigenvalue weighted by Crippen LogP contribution is -2.36. The van der Waals surface area contributed by atoms with E-state index < -0.39 is 29.6 Å². The van der Waals surface area contributed by atoms with Crippen LogP contribution in [0.5, 0.6) is 0 Å². The maximum Gasteiger partial charge on any atom is 0.329 e. The predicted molar refractivity (Wildman–Crippen MR) is 85.6 cm³/mol. The Labute approximate surface area is 138 Å². The molecule has 2 fully saturated rings. The fourth-order valence-electron chi connectivity index (χ4n) is 4.02. The van der Waals surface area contributed by atoms with Crippen molar-refractivity contribution in [2.24, 2.45) is 24.8 Å². The average molecular weight is 335 g/mol. The number of ether oxygens (including phenoxy) is 1. The van der Waals surface area contributed by atoms with Crippen LogP contribution in [0.25, 0.3) is 0 Å². The van der Waals surface area contributed by atoms with Gasteiger partial charge >= 0.3 is 11.7 Å². The van der Waals surface area contributed by atoms with Crippen LogP contribution in [0.1, 0.15) is 42.5 Å². The first-order valence-corrected chi connectivity index (χ1v) is 8.14. The number of esters is 1. The Bertz CT molecular complexity index is 794. The van der Waals surface area contributed by atoms with E-state index in [0.29, 0.717) is 18.3 Å². The lowest BCUT2D eigenvalue weighted by Gasteiger charge is -2.20. The zero-order valence-corrected chi connectivity index (χ0v) is 13.5. The van der Waals surface area contributed by atoms with Gasteiger partial charge in [0, 0.05) is 13.5 Å². The first-order valence-electron chi connectivity index (χ1n) is 8.14. The number of rotatable bonds is 5. The second kappa shape index (κ2) is 6.26. The number of nitrogen functional groups attached to an aromatic ring is 1. The first kappa shape index (κ1) is 16.5. The third kappa shape index (κ3) is 3.00. The molecule has 3 atom stereocenters. The van der Waals surface area contributed by atoms with Crippen LogP contribution in [0.3, 0.4) is 0 Å². The second-order valence-electron chi connectivity index (χ2n) is 6.80. The van der Waals surface area contributed by atoms with E-state index in [1.54, 1.807) is 0 Å². The third-order valence-electron chi connectivity index (χ3n) is 5.33. The van der Waals surface area contributed by atoms with Gasteiger partial charge in [-0.1, -0.05) is 6.42 Å². The summed E-state index contributed by atoms with van der Waals surface area (Å²) in [5.41, 5.74) is 3.71. The number of nitrogens with one attached hydrogen (secondary N) is 1. The fraction of sp³-hybridized carbons (Fsp3) is 0.625. The van der Waals surface area contributed by atoms with E-state index in [1.807, 2.05) is 4.98 Å². The van der Waals surface area contributed by atoms with Crippen LogP contribution in [0.4, 0.5) is 5.82 Å². The molecule has 1 aromatic heterocycles. The standard InChI is InChI=1S/C16H21N3O5/c1-19-14(17)13(15(22)18-16(19)23)11(20)7-24-12(21)6-10-5-8-2-3-9(10)4-8/h8-10H,2-7,17H2,1H3,(H,18,22,23)/t8-,9+,10-/m0/s1. The fourth-order valence-corrected chi connectivity index (χ4v) is 4.02. The smallest absolute Gasteiger partial charge is 0.329 e. The van der Waals surface area contributed by atoms with Crippen LogP contribution in [0, 0.1) is 17.8 Å². The molecule has 0 aliphatic heterocycles. The second-order valence-corrected chi connectivity index (χ2v) is 6.80. The predicted octanol–water partition coefficient (Wildman–Crippen LogP) is 0.208. The van der Waals surface area contributed by atoms with Crippen LogP contribution < -0.4 is 17.0 Å². The number of aromatic amines is 1. The van der Waals surface area contributed by atoms with Gasteiger partial charge in [0.1, 0.15) is 11.4 Å². The largest absolute Gasteiger partial charge is 0.457 e. The lowest BCUT2D eigenvalue weighted by molar-refractivity contribution is -0.144. The van der Waals surface area contributed by atoms with Gasteiger partial charge in [0.25, 0.3) is 5.56 Å². The molecule has 0 unspecified atom stereocenters. The van der Waals surface area contributed by atoms with Crippen LogP contribution in [0.15, 0.2) is 9.59 Å². The van der Waals surface area contributed by atoms with Gasteiger partial charge < -0.3 is 10.5 Å². The van der Waals surface area contributed by atoms with Crippen molar-refractivity contribution < 1.29 is 14.3 Å². The molecule has 0 radical (unpaired) electrons. The van der Waals surface area contributed by atoms with Crippen molar-refractivity contribution in [2.75, 3.05) is 12.3 Å². The number of H-pyrrole nitrogens is 1. The summed E-state index contributed by atoms with van der Waals surface area (Å²) < 4.78 is 5.99. The Morgan fingerprint density at radius 2 is 2.04 bits per heavy atom. The Kier molecular flexibility index (Phi) is 4.29. The average Bonchev–Trinajstić information content (AvgIpc) is 3.13. The highest BCUT2D eigenvalue weighted by Gasteiger charge is 2.40. The summed E-state index contributed by atoms with van der Waals surface area (Å²) in [6, 6.07) is 0. The lowest BCUT2D eigenvalue weighted by atomic mass is 9.86. The number of ketones is 1. The summed E-state index contributed by atoms with van der Waals surface area (Å²) >= 11 is 0. The molecule has 0 amide bonds. The zero-order chi connectivity index (χ0) is 17.4. The van der Waals surface area contributed by atoms with Crippen molar-refractivity contribution >= 4 is 17.6 Å². The number of anilines is 1. The molecule has 24 heavy (non-hydrogen) atoms. The van der Waals surface area contributed by atoms with E-state index in [9.17, 15) is 19.2 Å². The Balaban J connectivity index is 1.60. The molecular formula is C16H21N3O5. The molecule has 3 rings (SSSR count). The number of nitrogens with zero attached hydrogens (tertiary/aromatic N) is 1. The summed E-state index contributed by atoms with van der Waals surface area (Å²) in [5.74, 6) is 0.292. The summed E-state index contributed by atoms with van der Waals surface area (Å²) in [5, 5.41) is 0. The van der Waals surface area contributed by atoms with Gasteiger partial charge in [-0.15, -0.1) is 0 Å². The first-order chi connectivity index (χ1) is 11.4. The van der Waals surface area contributed by atoms with Crippen LogP contribution in [-0.2, 0) is 16.6 Å². The van der Waals surface area contributed by atoms with Gasteiger partial charge in [-0.25, -0.2) is 4.79 Å². The molecular weight excluding hydrogens is 314 g/mol. The maximum atomic E-state index is 12.1.